The maximum atomic E-state index is 13.1. The third kappa shape index (κ3) is 11.5. The quantitative estimate of drug-likeness (QED) is 0.265. The van der Waals surface area contributed by atoms with E-state index in [2.05, 4.69) is 39.3 Å². The molecule has 10 heteroatoms. The van der Waals surface area contributed by atoms with Gasteiger partial charge in [-0.05, 0) is 87.2 Å². The molecule has 1 heterocycles. The minimum atomic E-state index is -3.30. The zero-order valence-corrected chi connectivity index (χ0v) is 26.1. The number of anilines is 1. The molecule has 1 aliphatic carbocycles. The minimum absolute atomic E-state index is 0. The van der Waals surface area contributed by atoms with Crippen molar-refractivity contribution in [3.63, 3.8) is 0 Å². The molecule has 4 rings (SSSR count). The van der Waals surface area contributed by atoms with E-state index < -0.39 is 10.0 Å². The van der Waals surface area contributed by atoms with Crippen molar-refractivity contribution in [2.24, 2.45) is 0 Å². The molecular weight excluding hydrogens is 560 g/mol. The normalized spacial score (nSPS) is 17.8. The predicted molar refractivity (Wildman–Crippen MR) is 168 cm³/mol. The number of carbonyl (C=O) groups is 1. The van der Waals surface area contributed by atoms with Crippen LogP contribution in [0.25, 0.3) is 0 Å². The number of ether oxygens (including phenoxy) is 1. The Labute approximate surface area is 252 Å². The summed E-state index contributed by atoms with van der Waals surface area (Å²) in [6, 6.07) is 15.6. The third-order valence-electron chi connectivity index (χ3n) is 7.86. The first-order valence-corrected chi connectivity index (χ1v) is 16.8. The molecule has 2 aliphatic rings. The average Bonchev–Trinajstić information content (AvgIpc) is 2.94. The van der Waals surface area contributed by atoms with Crippen LogP contribution in [0.15, 0.2) is 48.5 Å². The fraction of sp³-hybridized carbons (Fsp3) is 0.581. The van der Waals surface area contributed by atoms with Crippen molar-refractivity contribution in [2.75, 3.05) is 24.1 Å². The predicted octanol–water partition coefficient (Wildman–Crippen LogP) is 5.83. The van der Waals surface area contributed by atoms with Crippen molar-refractivity contribution < 1.29 is 17.9 Å². The van der Waals surface area contributed by atoms with E-state index in [9.17, 15) is 13.2 Å². The Balaban J connectivity index is 0.00000462. The van der Waals surface area contributed by atoms with Gasteiger partial charge in [-0.25, -0.2) is 8.42 Å². The van der Waals surface area contributed by atoms with Gasteiger partial charge in [0.25, 0.3) is 0 Å². The monoisotopic (exact) mass is 606 g/mol. The molecule has 1 saturated carbocycles. The lowest BCUT2D eigenvalue weighted by Crippen LogP contribution is -2.53. The summed E-state index contributed by atoms with van der Waals surface area (Å²) in [7, 11) is -3.30. The Bertz CT molecular complexity index is 1160. The van der Waals surface area contributed by atoms with Crippen LogP contribution in [0.5, 0.6) is 11.5 Å². The van der Waals surface area contributed by atoms with E-state index in [4.69, 9.17) is 4.74 Å². The smallest absolute Gasteiger partial charge is 0.237 e. The number of unbranched alkanes of at least 4 members (excludes halogenated alkanes) is 1. The molecule has 0 spiro atoms. The van der Waals surface area contributed by atoms with Crippen LogP contribution in [0.3, 0.4) is 0 Å². The standard InChI is InChI=1S/C31H46N4O4S.ClH/c1-3-4-10-30(31(36)33-25-8-6-5-7-9-25)32-26-19-21-35(22-20-26)23-24-11-15-28(16-12-24)39-29-17-13-27(14-18-29)34-40(2,37)38;/h11-18,25-26,30,32,34H,3-10,19-23H2,1-2H3,(H,33,36);1H. The van der Waals surface area contributed by atoms with E-state index in [1.54, 1.807) is 24.3 Å². The molecule has 2 aromatic rings. The second-order valence-electron chi connectivity index (χ2n) is 11.4. The van der Waals surface area contributed by atoms with Gasteiger partial charge in [0.15, 0.2) is 0 Å². The van der Waals surface area contributed by atoms with Gasteiger partial charge < -0.3 is 15.4 Å². The topological polar surface area (TPSA) is 99.8 Å². The number of benzene rings is 2. The summed E-state index contributed by atoms with van der Waals surface area (Å²) in [4.78, 5) is 15.6. The van der Waals surface area contributed by atoms with Crippen LogP contribution in [0.2, 0.25) is 0 Å². The van der Waals surface area contributed by atoms with Gasteiger partial charge in [0.1, 0.15) is 11.5 Å². The van der Waals surface area contributed by atoms with Gasteiger partial charge in [-0.1, -0.05) is 51.2 Å². The summed E-state index contributed by atoms with van der Waals surface area (Å²) in [6.45, 7) is 5.09. The van der Waals surface area contributed by atoms with Crippen LogP contribution in [-0.4, -0.2) is 56.7 Å². The number of hydrogen-bond donors (Lipinski definition) is 3. The Hall–Kier alpha value is -2.33. The summed E-state index contributed by atoms with van der Waals surface area (Å²) in [5.41, 5.74) is 1.74. The van der Waals surface area contributed by atoms with Crippen molar-refractivity contribution in [1.82, 2.24) is 15.5 Å². The Morgan fingerprint density at radius 1 is 0.927 bits per heavy atom. The molecular formula is C31H47ClN4O4S. The zero-order valence-electron chi connectivity index (χ0n) is 24.4. The molecule has 0 aromatic heterocycles. The highest BCUT2D eigenvalue weighted by molar-refractivity contribution is 7.92. The highest BCUT2D eigenvalue weighted by Gasteiger charge is 2.27. The molecule has 1 atom stereocenters. The Morgan fingerprint density at radius 3 is 2.12 bits per heavy atom. The van der Waals surface area contributed by atoms with E-state index in [1.807, 2.05) is 12.1 Å². The van der Waals surface area contributed by atoms with Gasteiger partial charge in [-0.2, -0.15) is 0 Å². The lowest BCUT2D eigenvalue weighted by molar-refractivity contribution is -0.124. The largest absolute Gasteiger partial charge is 0.457 e. The SMILES string of the molecule is CCCCC(NC1CCN(Cc2ccc(Oc3ccc(NS(C)(=O)=O)cc3)cc2)CC1)C(=O)NC1CCCCC1.Cl. The lowest BCUT2D eigenvalue weighted by Gasteiger charge is -2.35. The fourth-order valence-corrected chi connectivity index (χ4v) is 6.22. The first-order valence-electron chi connectivity index (χ1n) is 14.9. The van der Waals surface area contributed by atoms with Crippen LogP contribution < -0.4 is 20.1 Å². The third-order valence-corrected chi connectivity index (χ3v) is 8.47. The van der Waals surface area contributed by atoms with E-state index >= 15 is 0 Å². The van der Waals surface area contributed by atoms with Crippen LogP contribution in [-0.2, 0) is 21.4 Å². The molecule has 0 radical (unpaired) electrons. The van der Waals surface area contributed by atoms with Crippen molar-refractivity contribution in [3.8, 4) is 11.5 Å². The molecule has 1 saturated heterocycles. The molecule has 1 aliphatic heterocycles. The number of hydrogen-bond acceptors (Lipinski definition) is 6. The number of sulfonamides is 1. The van der Waals surface area contributed by atoms with Crippen LogP contribution >= 0.6 is 12.4 Å². The highest BCUT2D eigenvalue weighted by Crippen LogP contribution is 2.25. The van der Waals surface area contributed by atoms with E-state index in [0.29, 0.717) is 23.5 Å². The van der Waals surface area contributed by atoms with Gasteiger partial charge in [0.05, 0.1) is 12.3 Å². The number of carbonyl (C=O) groups excluding carboxylic acids is 1. The number of likely N-dealkylation sites (tertiary alicyclic amines) is 1. The van der Waals surface area contributed by atoms with Crippen LogP contribution in [0.4, 0.5) is 5.69 Å². The van der Waals surface area contributed by atoms with E-state index in [-0.39, 0.29) is 24.4 Å². The summed E-state index contributed by atoms with van der Waals surface area (Å²) >= 11 is 0. The maximum Gasteiger partial charge on any atom is 0.237 e. The molecule has 1 amide bonds. The summed E-state index contributed by atoms with van der Waals surface area (Å²) in [6.07, 6.45) is 12.3. The molecule has 0 bridgehead atoms. The molecule has 1 unspecified atom stereocenters. The van der Waals surface area contributed by atoms with E-state index in [1.165, 1.54) is 24.8 Å². The molecule has 228 valence electrons. The number of rotatable bonds is 13. The van der Waals surface area contributed by atoms with Crippen LogP contribution in [0.1, 0.15) is 76.7 Å². The first kappa shape index (κ1) is 33.2. The lowest BCUT2D eigenvalue weighted by atomic mass is 9.95. The van der Waals surface area contributed by atoms with Gasteiger partial charge in [0, 0.05) is 24.3 Å². The maximum absolute atomic E-state index is 13.1. The van der Waals surface area contributed by atoms with Crippen molar-refractivity contribution >= 4 is 34.0 Å². The Morgan fingerprint density at radius 2 is 1.54 bits per heavy atom. The second kappa shape index (κ2) is 16.3. The zero-order chi connectivity index (χ0) is 28.4. The molecule has 8 nitrogen and oxygen atoms in total. The summed E-state index contributed by atoms with van der Waals surface area (Å²) in [5.74, 6) is 1.58. The van der Waals surface area contributed by atoms with Crippen molar-refractivity contribution in [3.05, 3.63) is 54.1 Å². The second-order valence-corrected chi connectivity index (χ2v) is 13.1. The number of halogens is 1. The summed E-state index contributed by atoms with van der Waals surface area (Å²) < 4.78 is 31.1. The van der Waals surface area contributed by atoms with Gasteiger partial charge in [-0.15, -0.1) is 12.4 Å². The van der Waals surface area contributed by atoms with Crippen molar-refractivity contribution in [1.29, 1.82) is 0 Å². The number of piperidine rings is 1. The minimum Gasteiger partial charge on any atom is -0.457 e. The van der Waals surface area contributed by atoms with Crippen LogP contribution in [0, 0.1) is 0 Å². The van der Waals surface area contributed by atoms with Crippen molar-refractivity contribution in [2.45, 2.75) is 95.8 Å². The Kier molecular flexibility index (Phi) is 13.2. The number of nitrogens with one attached hydrogen (secondary N) is 3. The molecule has 2 fully saturated rings. The van der Waals surface area contributed by atoms with E-state index in [0.717, 1.165) is 76.6 Å². The summed E-state index contributed by atoms with van der Waals surface area (Å²) in [5, 5.41) is 7.06. The molecule has 2 aromatic carbocycles. The van der Waals surface area contributed by atoms with Gasteiger partial charge >= 0.3 is 0 Å². The van der Waals surface area contributed by atoms with Gasteiger partial charge in [0.2, 0.25) is 15.9 Å². The number of nitrogens with zero attached hydrogens (tertiary/aromatic N) is 1. The van der Waals surface area contributed by atoms with Gasteiger partial charge in [-0.3, -0.25) is 14.4 Å². The fourth-order valence-electron chi connectivity index (χ4n) is 5.65. The molecule has 3 N–H and O–H groups in total. The highest BCUT2D eigenvalue weighted by atomic mass is 35.5. The first-order chi connectivity index (χ1) is 19.3. The average molecular weight is 607 g/mol. The molecule has 41 heavy (non-hydrogen) atoms. The number of amides is 1.